The first kappa shape index (κ1) is 20.9. The van der Waals surface area contributed by atoms with E-state index in [4.69, 9.17) is 14.5 Å². The van der Waals surface area contributed by atoms with Gasteiger partial charge in [0.2, 0.25) is 0 Å². The van der Waals surface area contributed by atoms with Crippen LogP contribution >= 0.6 is 0 Å². The van der Waals surface area contributed by atoms with E-state index in [1.165, 1.54) is 13.2 Å². The van der Waals surface area contributed by atoms with Gasteiger partial charge < -0.3 is 9.47 Å². The molecule has 0 saturated heterocycles. The molecule has 0 N–H and O–H groups in total. The van der Waals surface area contributed by atoms with Crippen LogP contribution in [0.2, 0.25) is 0 Å². The summed E-state index contributed by atoms with van der Waals surface area (Å²) in [7, 11) is 1.33. The zero-order chi connectivity index (χ0) is 20.1. The van der Waals surface area contributed by atoms with E-state index in [0.717, 1.165) is 12.0 Å². The zero-order valence-electron chi connectivity index (χ0n) is 16.8. The molecule has 1 aromatic rings. The van der Waals surface area contributed by atoms with Crippen molar-refractivity contribution in [2.24, 2.45) is 16.3 Å². The van der Waals surface area contributed by atoms with Crippen molar-refractivity contribution in [1.29, 1.82) is 0 Å². The molecule has 1 aromatic carbocycles. The van der Waals surface area contributed by atoms with Crippen LogP contribution in [0.1, 0.15) is 46.1 Å². The molecule has 2 unspecified atom stereocenters. The van der Waals surface area contributed by atoms with E-state index in [2.05, 4.69) is 0 Å². The van der Waals surface area contributed by atoms with Crippen molar-refractivity contribution in [3.8, 4) is 0 Å². The number of hydrogen-bond acceptors (Lipinski definition) is 5. The Morgan fingerprint density at radius 1 is 1.30 bits per heavy atom. The molecule has 0 spiro atoms. The van der Waals surface area contributed by atoms with Crippen LogP contribution in [0.3, 0.4) is 0 Å². The Bertz CT molecular complexity index is 730. The predicted molar refractivity (Wildman–Crippen MR) is 105 cm³/mol. The van der Waals surface area contributed by atoms with E-state index < -0.39 is 11.5 Å². The second-order valence-electron chi connectivity index (χ2n) is 7.92. The molecule has 1 heterocycles. The first-order valence-electron chi connectivity index (χ1n) is 9.35. The van der Waals surface area contributed by atoms with Gasteiger partial charge in [0.25, 0.3) is 0 Å². The Hall–Kier alpha value is -2.43. The van der Waals surface area contributed by atoms with Crippen molar-refractivity contribution in [3.63, 3.8) is 0 Å². The number of benzene rings is 1. The SMILES string of the molecule is CCCC(/C=C/C(=O)OC)C1(Cc2ccccc2)N=C(C(C)(C)C)OC1=O. The average Bonchev–Trinajstić information content (AvgIpc) is 2.96. The van der Waals surface area contributed by atoms with Gasteiger partial charge >= 0.3 is 11.9 Å². The van der Waals surface area contributed by atoms with Crippen molar-refractivity contribution >= 4 is 17.8 Å². The molecule has 1 aliphatic heterocycles. The third kappa shape index (κ3) is 4.85. The van der Waals surface area contributed by atoms with Crippen molar-refractivity contribution in [3.05, 3.63) is 48.0 Å². The molecule has 0 bridgehead atoms. The highest BCUT2D eigenvalue weighted by atomic mass is 16.6. The van der Waals surface area contributed by atoms with Crippen LogP contribution in [-0.4, -0.2) is 30.5 Å². The van der Waals surface area contributed by atoms with Gasteiger partial charge in [0.1, 0.15) is 0 Å². The van der Waals surface area contributed by atoms with Crippen LogP contribution in [0.4, 0.5) is 0 Å². The second kappa shape index (κ2) is 8.51. The van der Waals surface area contributed by atoms with E-state index in [1.807, 2.05) is 58.0 Å². The quantitative estimate of drug-likeness (QED) is 0.534. The molecule has 0 aliphatic carbocycles. The lowest BCUT2D eigenvalue weighted by Gasteiger charge is -2.29. The summed E-state index contributed by atoms with van der Waals surface area (Å²) < 4.78 is 10.4. The fourth-order valence-corrected chi connectivity index (χ4v) is 3.20. The monoisotopic (exact) mass is 371 g/mol. The van der Waals surface area contributed by atoms with E-state index in [-0.39, 0.29) is 17.3 Å². The van der Waals surface area contributed by atoms with Crippen molar-refractivity contribution in [2.75, 3.05) is 7.11 Å². The van der Waals surface area contributed by atoms with Crippen molar-refractivity contribution < 1.29 is 19.1 Å². The van der Waals surface area contributed by atoms with Gasteiger partial charge in [-0.15, -0.1) is 0 Å². The van der Waals surface area contributed by atoms with E-state index >= 15 is 0 Å². The third-order valence-electron chi connectivity index (χ3n) is 4.68. The fourth-order valence-electron chi connectivity index (χ4n) is 3.20. The number of aliphatic imine (C=N–C) groups is 1. The average molecular weight is 371 g/mol. The first-order valence-corrected chi connectivity index (χ1v) is 9.35. The summed E-state index contributed by atoms with van der Waals surface area (Å²) in [6.07, 6.45) is 5.10. The Labute approximate surface area is 161 Å². The van der Waals surface area contributed by atoms with Crippen molar-refractivity contribution in [1.82, 2.24) is 0 Å². The maximum absolute atomic E-state index is 13.1. The maximum atomic E-state index is 13.1. The standard InChI is InChI=1S/C22H29NO4/c1-6-10-17(13-14-18(24)26-5)22(15-16-11-8-7-9-12-16)20(25)27-19(23-22)21(2,3)4/h7-9,11-14,17H,6,10,15H2,1-5H3/b14-13+. The summed E-state index contributed by atoms with van der Waals surface area (Å²) >= 11 is 0. The number of carbonyl (C=O) groups excluding carboxylic acids is 2. The molecule has 2 atom stereocenters. The van der Waals surface area contributed by atoms with Gasteiger partial charge in [0, 0.05) is 23.8 Å². The molecule has 0 aromatic heterocycles. The molecule has 5 heteroatoms. The van der Waals surface area contributed by atoms with Crippen LogP contribution in [0.25, 0.3) is 0 Å². The number of methoxy groups -OCH3 is 1. The lowest BCUT2D eigenvalue weighted by Crippen LogP contribution is -2.43. The van der Waals surface area contributed by atoms with Gasteiger partial charge in [-0.05, 0) is 12.0 Å². The molecule has 5 nitrogen and oxygen atoms in total. The van der Waals surface area contributed by atoms with Crippen molar-refractivity contribution in [2.45, 2.75) is 52.5 Å². The fraction of sp³-hybridized carbons (Fsp3) is 0.500. The second-order valence-corrected chi connectivity index (χ2v) is 7.92. The summed E-state index contributed by atoms with van der Waals surface area (Å²) in [5.41, 5.74) is -0.456. The number of hydrogen-bond donors (Lipinski definition) is 0. The molecule has 0 saturated carbocycles. The van der Waals surface area contributed by atoms with E-state index in [9.17, 15) is 9.59 Å². The summed E-state index contributed by atoms with van der Waals surface area (Å²) in [6.45, 7) is 7.95. The van der Waals surface area contributed by atoms with Gasteiger partial charge in [-0.2, -0.15) is 0 Å². The zero-order valence-corrected chi connectivity index (χ0v) is 16.8. The van der Waals surface area contributed by atoms with Gasteiger partial charge in [-0.1, -0.05) is 70.5 Å². The number of carbonyl (C=O) groups is 2. The minimum absolute atomic E-state index is 0.269. The molecule has 146 valence electrons. The Balaban J connectivity index is 2.53. The highest BCUT2D eigenvalue weighted by Gasteiger charge is 2.52. The van der Waals surface area contributed by atoms with Gasteiger partial charge in [0.05, 0.1) is 7.11 Å². The highest BCUT2D eigenvalue weighted by molar-refractivity contribution is 6.02. The predicted octanol–water partition coefficient (Wildman–Crippen LogP) is 4.11. The van der Waals surface area contributed by atoms with Crippen LogP contribution in [0.15, 0.2) is 47.5 Å². The minimum Gasteiger partial charge on any atom is -0.466 e. The lowest BCUT2D eigenvalue weighted by atomic mass is 9.77. The first-order chi connectivity index (χ1) is 12.7. The molecular formula is C22H29NO4. The third-order valence-corrected chi connectivity index (χ3v) is 4.68. The number of nitrogens with zero attached hydrogens (tertiary/aromatic N) is 1. The molecule has 0 fully saturated rings. The van der Waals surface area contributed by atoms with Crippen LogP contribution in [0.5, 0.6) is 0 Å². The van der Waals surface area contributed by atoms with E-state index in [0.29, 0.717) is 18.7 Å². The molecule has 27 heavy (non-hydrogen) atoms. The van der Waals surface area contributed by atoms with Gasteiger partial charge in [-0.3, -0.25) is 0 Å². The van der Waals surface area contributed by atoms with Gasteiger partial charge in [-0.25, -0.2) is 14.6 Å². The molecule has 0 amide bonds. The number of esters is 2. The Morgan fingerprint density at radius 3 is 2.48 bits per heavy atom. The number of cyclic esters (lactones) is 1. The summed E-state index contributed by atoms with van der Waals surface area (Å²) in [5, 5.41) is 0. The summed E-state index contributed by atoms with van der Waals surface area (Å²) in [5.74, 6) is -0.633. The molecule has 0 radical (unpaired) electrons. The topological polar surface area (TPSA) is 65.0 Å². The van der Waals surface area contributed by atoms with Gasteiger partial charge in [0.15, 0.2) is 11.4 Å². The molecule has 1 aliphatic rings. The molecular weight excluding hydrogens is 342 g/mol. The van der Waals surface area contributed by atoms with Crippen LogP contribution in [0, 0.1) is 11.3 Å². The Kier molecular flexibility index (Phi) is 6.58. The number of rotatable bonds is 7. The highest BCUT2D eigenvalue weighted by Crippen LogP contribution is 2.39. The summed E-state index contributed by atoms with van der Waals surface area (Å²) in [6, 6.07) is 9.78. The number of ether oxygens (including phenoxy) is 2. The van der Waals surface area contributed by atoms with Crippen LogP contribution < -0.4 is 0 Å². The largest absolute Gasteiger partial charge is 0.466 e. The summed E-state index contributed by atoms with van der Waals surface area (Å²) in [4.78, 5) is 29.6. The molecule has 2 rings (SSSR count). The van der Waals surface area contributed by atoms with Crippen LogP contribution in [-0.2, 0) is 25.5 Å². The Morgan fingerprint density at radius 2 is 1.96 bits per heavy atom. The normalized spacial score (nSPS) is 21.1. The van der Waals surface area contributed by atoms with E-state index in [1.54, 1.807) is 6.08 Å². The minimum atomic E-state index is -1.08. The smallest absolute Gasteiger partial charge is 0.341 e. The lowest BCUT2D eigenvalue weighted by molar-refractivity contribution is -0.141. The maximum Gasteiger partial charge on any atom is 0.341 e.